The lowest BCUT2D eigenvalue weighted by molar-refractivity contribution is 0.106. The molecule has 5 nitrogen and oxygen atoms in total. The van der Waals surface area contributed by atoms with E-state index in [1.165, 1.54) is 0 Å². The van der Waals surface area contributed by atoms with E-state index in [1.54, 1.807) is 61.7 Å². The Bertz CT molecular complexity index is 731. The first-order valence-electron chi connectivity index (χ1n) is 6.32. The topological polar surface area (TPSA) is 74.5 Å². The number of nitrogens with zero attached hydrogens (tertiary/aromatic N) is 2. The summed E-state index contributed by atoms with van der Waals surface area (Å²) in [5, 5.41) is 13.5. The van der Waals surface area contributed by atoms with Crippen molar-refractivity contribution < 1.29 is 9.53 Å². The molecule has 1 N–H and O–H groups in total. The van der Waals surface area contributed by atoms with Crippen LogP contribution in [0.2, 0.25) is 5.02 Å². The van der Waals surface area contributed by atoms with E-state index in [9.17, 15) is 4.79 Å². The Morgan fingerprint density at radius 3 is 2.36 bits per heavy atom. The summed E-state index contributed by atoms with van der Waals surface area (Å²) in [7, 11) is 1.57. The number of carbonyl (C=O) groups excluding carboxylic acids is 1. The molecule has 22 heavy (non-hydrogen) atoms. The SMILES string of the molecule is COc1ccc(N/N=C(/C#N)C(=O)c2ccc(Cl)cc2)cc1. The molecular formula is C16H12ClN3O2. The van der Waals surface area contributed by atoms with E-state index < -0.39 is 5.78 Å². The molecule has 2 aromatic carbocycles. The van der Waals surface area contributed by atoms with Gasteiger partial charge in [0, 0.05) is 10.6 Å². The number of rotatable bonds is 5. The minimum atomic E-state index is -0.472. The molecule has 0 amide bonds. The second-order valence-corrected chi connectivity index (χ2v) is 4.68. The number of nitrogens with one attached hydrogen (secondary N) is 1. The van der Waals surface area contributed by atoms with Crippen LogP contribution in [0.4, 0.5) is 5.69 Å². The summed E-state index contributed by atoms with van der Waals surface area (Å²) in [6.07, 6.45) is 0. The summed E-state index contributed by atoms with van der Waals surface area (Å²) in [4.78, 5) is 12.2. The molecule has 0 saturated carbocycles. The minimum Gasteiger partial charge on any atom is -0.497 e. The lowest BCUT2D eigenvalue weighted by Gasteiger charge is -2.03. The Balaban J connectivity index is 2.14. The third-order valence-electron chi connectivity index (χ3n) is 2.81. The van der Waals surface area contributed by atoms with Crippen LogP contribution in [0.1, 0.15) is 10.4 Å². The molecule has 0 spiro atoms. The van der Waals surface area contributed by atoms with Crippen LogP contribution in [-0.4, -0.2) is 18.6 Å². The van der Waals surface area contributed by atoms with Gasteiger partial charge >= 0.3 is 0 Å². The van der Waals surface area contributed by atoms with E-state index in [-0.39, 0.29) is 5.71 Å². The van der Waals surface area contributed by atoms with Gasteiger partial charge in [0.15, 0.2) is 0 Å². The first kappa shape index (κ1) is 15.5. The number of benzene rings is 2. The summed E-state index contributed by atoms with van der Waals surface area (Å²) in [6, 6.07) is 15.0. The Labute approximate surface area is 132 Å². The van der Waals surface area contributed by atoms with Gasteiger partial charge < -0.3 is 4.74 Å². The number of carbonyl (C=O) groups is 1. The van der Waals surface area contributed by atoms with Crippen LogP contribution in [-0.2, 0) is 0 Å². The van der Waals surface area contributed by atoms with Crippen LogP contribution in [0.3, 0.4) is 0 Å². The zero-order valence-electron chi connectivity index (χ0n) is 11.7. The molecule has 2 rings (SSSR count). The molecule has 0 unspecified atom stereocenters. The average molecular weight is 314 g/mol. The summed E-state index contributed by atoms with van der Waals surface area (Å²) < 4.78 is 5.04. The van der Waals surface area contributed by atoms with Crippen LogP contribution in [0.25, 0.3) is 0 Å². The molecule has 0 atom stereocenters. The molecular weight excluding hydrogens is 302 g/mol. The van der Waals surface area contributed by atoms with Gasteiger partial charge in [-0.15, -0.1) is 0 Å². The predicted molar refractivity (Wildman–Crippen MR) is 85.4 cm³/mol. The van der Waals surface area contributed by atoms with Crippen molar-refractivity contribution in [2.45, 2.75) is 0 Å². The number of hydrogen-bond acceptors (Lipinski definition) is 5. The van der Waals surface area contributed by atoms with Crippen molar-refractivity contribution in [3.8, 4) is 11.8 Å². The highest BCUT2D eigenvalue weighted by molar-refractivity contribution is 6.51. The van der Waals surface area contributed by atoms with Gasteiger partial charge in [-0.2, -0.15) is 10.4 Å². The van der Waals surface area contributed by atoms with Crippen molar-refractivity contribution in [2.24, 2.45) is 5.10 Å². The maximum atomic E-state index is 12.2. The number of halogens is 1. The monoisotopic (exact) mass is 313 g/mol. The number of nitriles is 1. The van der Waals surface area contributed by atoms with Crippen molar-refractivity contribution in [1.29, 1.82) is 5.26 Å². The summed E-state index contributed by atoms with van der Waals surface area (Å²) in [5.74, 6) is 0.229. The summed E-state index contributed by atoms with van der Waals surface area (Å²) in [5.41, 5.74) is 3.42. The van der Waals surface area contributed by atoms with E-state index in [2.05, 4.69) is 10.5 Å². The zero-order chi connectivity index (χ0) is 15.9. The number of methoxy groups -OCH3 is 1. The fourth-order valence-electron chi connectivity index (χ4n) is 1.65. The Morgan fingerprint density at radius 1 is 1.18 bits per heavy atom. The molecule has 0 aliphatic rings. The number of hydrazone groups is 1. The highest BCUT2D eigenvalue weighted by Gasteiger charge is 2.13. The first-order valence-corrected chi connectivity index (χ1v) is 6.70. The molecule has 0 heterocycles. The van der Waals surface area contributed by atoms with Crippen molar-refractivity contribution in [3.05, 3.63) is 59.1 Å². The molecule has 0 aliphatic heterocycles. The highest BCUT2D eigenvalue weighted by Crippen LogP contribution is 2.15. The van der Waals surface area contributed by atoms with E-state index in [0.29, 0.717) is 22.0 Å². The molecule has 0 aliphatic carbocycles. The van der Waals surface area contributed by atoms with Crippen molar-refractivity contribution in [1.82, 2.24) is 0 Å². The zero-order valence-corrected chi connectivity index (χ0v) is 12.5. The summed E-state index contributed by atoms with van der Waals surface area (Å²) in [6.45, 7) is 0. The third-order valence-corrected chi connectivity index (χ3v) is 3.07. The van der Waals surface area contributed by atoms with Crippen LogP contribution in [0, 0.1) is 11.3 Å². The fraction of sp³-hybridized carbons (Fsp3) is 0.0625. The Kier molecular flexibility index (Phi) is 5.12. The molecule has 110 valence electrons. The maximum Gasteiger partial charge on any atom is 0.223 e. The van der Waals surface area contributed by atoms with Crippen LogP contribution < -0.4 is 10.2 Å². The number of ether oxygens (including phenoxy) is 1. The number of hydrogen-bond donors (Lipinski definition) is 1. The van der Waals surface area contributed by atoms with E-state index >= 15 is 0 Å². The molecule has 6 heteroatoms. The second kappa shape index (κ2) is 7.25. The van der Waals surface area contributed by atoms with Crippen LogP contribution >= 0.6 is 11.6 Å². The largest absolute Gasteiger partial charge is 0.497 e. The van der Waals surface area contributed by atoms with E-state index in [0.717, 1.165) is 0 Å². The van der Waals surface area contributed by atoms with E-state index in [4.69, 9.17) is 21.6 Å². The Morgan fingerprint density at radius 2 is 1.82 bits per heavy atom. The van der Waals surface area contributed by atoms with Gasteiger partial charge in [0.05, 0.1) is 12.8 Å². The first-order chi connectivity index (χ1) is 10.6. The van der Waals surface area contributed by atoms with Crippen LogP contribution in [0.5, 0.6) is 5.75 Å². The standard InChI is InChI=1S/C16H12ClN3O2/c1-22-14-8-6-13(7-9-14)19-20-15(10-18)16(21)11-2-4-12(17)5-3-11/h2-9,19H,1H3/b20-15-. The van der Waals surface area contributed by atoms with Gasteiger partial charge in [-0.1, -0.05) is 11.6 Å². The van der Waals surface area contributed by atoms with Gasteiger partial charge in [0.2, 0.25) is 11.5 Å². The van der Waals surface area contributed by atoms with Crippen molar-refractivity contribution >= 4 is 28.8 Å². The van der Waals surface area contributed by atoms with Gasteiger partial charge in [-0.05, 0) is 48.5 Å². The third kappa shape index (κ3) is 3.84. The van der Waals surface area contributed by atoms with E-state index in [1.807, 2.05) is 0 Å². The number of Topliss-reactive ketones (excluding diaryl/α,β-unsaturated/α-hetero) is 1. The van der Waals surface area contributed by atoms with Gasteiger partial charge in [0.1, 0.15) is 11.8 Å². The fourth-order valence-corrected chi connectivity index (χ4v) is 1.78. The molecule has 0 radical (unpaired) electrons. The molecule has 0 fully saturated rings. The number of anilines is 1. The molecule has 0 saturated heterocycles. The van der Waals surface area contributed by atoms with Gasteiger partial charge in [-0.25, -0.2) is 0 Å². The molecule has 0 bridgehead atoms. The van der Waals surface area contributed by atoms with Crippen LogP contribution in [0.15, 0.2) is 53.6 Å². The van der Waals surface area contributed by atoms with Gasteiger partial charge in [-0.3, -0.25) is 10.2 Å². The lowest BCUT2D eigenvalue weighted by atomic mass is 10.1. The molecule has 2 aromatic rings. The predicted octanol–water partition coefficient (Wildman–Crippen LogP) is 3.52. The maximum absolute atomic E-state index is 12.2. The normalized spacial score (nSPS) is 10.7. The number of ketones is 1. The molecule has 0 aromatic heterocycles. The second-order valence-electron chi connectivity index (χ2n) is 4.25. The summed E-state index contributed by atoms with van der Waals surface area (Å²) >= 11 is 5.77. The lowest BCUT2D eigenvalue weighted by Crippen LogP contribution is -2.14. The highest BCUT2D eigenvalue weighted by atomic mass is 35.5. The van der Waals surface area contributed by atoms with Crippen molar-refractivity contribution in [2.75, 3.05) is 12.5 Å². The minimum absolute atomic E-state index is 0.238. The quantitative estimate of drug-likeness (QED) is 0.520. The smallest absolute Gasteiger partial charge is 0.223 e. The van der Waals surface area contributed by atoms with Crippen molar-refractivity contribution in [3.63, 3.8) is 0 Å². The Hall–Kier alpha value is -2.84. The van der Waals surface area contributed by atoms with Gasteiger partial charge in [0.25, 0.3) is 0 Å². The average Bonchev–Trinajstić information content (AvgIpc) is 2.56.